The van der Waals surface area contributed by atoms with Gasteiger partial charge in [-0.05, 0) is 43.5 Å². The fourth-order valence-electron chi connectivity index (χ4n) is 3.41. The molecule has 0 bridgehead atoms. The molecule has 1 fully saturated rings. The number of rotatable bonds is 6. The highest BCUT2D eigenvalue weighted by Gasteiger charge is 2.29. The molecule has 4 nitrogen and oxygen atoms in total. The van der Waals surface area contributed by atoms with E-state index >= 15 is 0 Å². The molecule has 0 radical (unpaired) electrons. The van der Waals surface area contributed by atoms with Gasteiger partial charge in [0.2, 0.25) is 11.8 Å². The van der Waals surface area contributed by atoms with Crippen molar-refractivity contribution in [2.24, 2.45) is 5.92 Å². The summed E-state index contributed by atoms with van der Waals surface area (Å²) in [6.45, 7) is 4.52. The number of carbonyl (C=O) groups is 2. The van der Waals surface area contributed by atoms with Gasteiger partial charge in [-0.15, -0.1) is 11.3 Å². The summed E-state index contributed by atoms with van der Waals surface area (Å²) in [6.07, 6.45) is 4.89. The van der Waals surface area contributed by atoms with Gasteiger partial charge in [-0.2, -0.15) is 0 Å². The lowest BCUT2D eigenvalue weighted by molar-refractivity contribution is -0.139. The zero-order chi connectivity index (χ0) is 19.9. The molecule has 1 saturated heterocycles. The quantitative estimate of drug-likeness (QED) is 0.640. The molecule has 1 aromatic carbocycles. The van der Waals surface area contributed by atoms with Gasteiger partial charge in [0.15, 0.2) is 0 Å². The van der Waals surface area contributed by atoms with E-state index in [1.165, 1.54) is 11.3 Å². The zero-order valence-electron chi connectivity index (χ0n) is 16.0. The van der Waals surface area contributed by atoms with Gasteiger partial charge in [-0.3, -0.25) is 9.59 Å². The molecule has 2 aromatic rings. The molecule has 3 rings (SSSR count). The van der Waals surface area contributed by atoms with Crippen molar-refractivity contribution in [1.29, 1.82) is 0 Å². The van der Waals surface area contributed by atoms with Crippen LogP contribution in [0.1, 0.15) is 30.2 Å². The third kappa shape index (κ3) is 5.46. The number of hydrogen-bond acceptors (Lipinski definition) is 3. The van der Waals surface area contributed by atoms with Crippen LogP contribution >= 0.6 is 22.9 Å². The smallest absolute Gasteiger partial charge is 0.246 e. The molecule has 0 N–H and O–H groups in total. The van der Waals surface area contributed by atoms with E-state index in [2.05, 4.69) is 0 Å². The first-order valence-corrected chi connectivity index (χ1v) is 10.8. The van der Waals surface area contributed by atoms with Crippen LogP contribution < -0.4 is 0 Å². The Hall–Kier alpha value is -2.11. The van der Waals surface area contributed by atoms with E-state index in [0.29, 0.717) is 39.0 Å². The minimum atomic E-state index is -0.0162. The second-order valence-corrected chi connectivity index (χ2v) is 8.70. The maximum atomic E-state index is 12.9. The number of thiophene rings is 1. The Kier molecular flexibility index (Phi) is 7.29. The third-order valence-electron chi connectivity index (χ3n) is 5.04. The highest BCUT2D eigenvalue weighted by molar-refractivity contribution is 7.16. The van der Waals surface area contributed by atoms with Crippen molar-refractivity contribution < 1.29 is 9.59 Å². The highest BCUT2D eigenvalue weighted by Crippen LogP contribution is 2.25. The zero-order valence-corrected chi connectivity index (χ0v) is 17.6. The minimum Gasteiger partial charge on any atom is -0.339 e. The maximum absolute atomic E-state index is 12.9. The van der Waals surface area contributed by atoms with Crippen molar-refractivity contribution in [2.75, 3.05) is 19.6 Å². The molecule has 1 aromatic heterocycles. The fourth-order valence-corrected chi connectivity index (χ4v) is 4.52. The van der Waals surface area contributed by atoms with Gasteiger partial charge in [0.1, 0.15) is 0 Å². The topological polar surface area (TPSA) is 40.6 Å². The molecule has 148 valence electrons. The molecule has 2 amide bonds. The van der Waals surface area contributed by atoms with Crippen LogP contribution in [0.4, 0.5) is 0 Å². The van der Waals surface area contributed by atoms with Crippen LogP contribution in [0.3, 0.4) is 0 Å². The molecule has 0 saturated carbocycles. The summed E-state index contributed by atoms with van der Waals surface area (Å²) in [5.74, 6) is 0.173. The molecule has 0 unspecified atom stereocenters. The molecule has 1 aliphatic heterocycles. The summed E-state index contributed by atoms with van der Waals surface area (Å²) >= 11 is 7.51. The van der Waals surface area contributed by atoms with Crippen LogP contribution in [0.15, 0.2) is 48.5 Å². The lowest BCUT2D eigenvalue weighted by Crippen LogP contribution is -2.43. The summed E-state index contributed by atoms with van der Waals surface area (Å²) in [6, 6.07) is 13.6. The Labute approximate surface area is 175 Å². The van der Waals surface area contributed by atoms with Crippen LogP contribution in [0.25, 0.3) is 6.08 Å². The molecule has 0 spiro atoms. The summed E-state index contributed by atoms with van der Waals surface area (Å²) in [7, 11) is 0. The minimum absolute atomic E-state index is 0.00956. The molecule has 0 aliphatic carbocycles. The number of benzene rings is 1. The number of amides is 2. The van der Waals surface area contributed by atoms with Crippen LogP contribution in [0.2, 0.25) is 4.34 Å². The molecule has 0 atom stereocenters. The number of carbonyl (C=O) groups excluding carboxylic acids is 2. The van der Waals surface area contributed by atoms with Gasteiger partial charge >= 0.3 is 0 Å². The molecule has 6 heteroatoms. The van der Waals surface area contributed by atoms with Gasteiger partial charge in [-0.1, -0.05) is 41.9 Å². The lowest BCUT2D eigenvalue weighted by atomic mass is 9.95. The number of halogens is 1. The van der Waals surface area contributed by atoms with Crippen molar-refractivity contribution >= 4 is 40.8 Å². The van der Waals surface area contributed by atoms with E-state index in [-0.39, 0.29) is 17.7 Å². The van der Waals surface area contributed by atoms with Gasteiger partial charge in [0, 0.05) is 36.5 Å². The normalized spacial score (nSPS) is 15.1. The average molecular weight is 417 g/mol. The van der Waals surface area contributed by atoms with Crippen molar-refractivity contribution in [2.45, 2.75) is 26.3 Å². The predicted molar refractivity (Wildman–Crippen MR) is 115 cm³/mol. The van der Waals surface area contributed by atoms with E-state index in [0.717, 1.165) is 14.8 Å². The summed E-state index contributed by atoms with van der Waals surface area (Å²) < 4.78 is 0.744. The Bertz CT molecular complexity index is 826. The van der Waals surface area contributed by atoms with E-state index in [1.54, 1.807) is 6.08 Å². The first-order valence-electron chi connectivity index (χ1n) is 9.62. The summed E-state index contributed by atoms with van der Waals surface area (Å²) in [4.78, 5) is 30.1. The predicted octanol–water partition coefficient (Wildman–Crippen LogP) is 4.70. The maximum Gasteiger partial charge on any atom is 0.246 e. The molecular weight excluding hydrogens is 392 g/mol. The Morgan fingerprint density at radius 1 is 1.18 bits per heavy atom. The Morgan fingerprint density at radius 2 is 1.89 bits per heavy atom. The number of piperidine rings is 1. The van der Waals surface area contributed by atoms with Crippen LogP contribution in [0, 0.1) is 5.92 Å². The standard InChI is InChI=1S/C22H25ClN2O2S/c1-2-24(16-19-9-10-20(23)28-19)22(27)18-12-14-25(15-13-18)21(26)11-8-17-6-4-3-5-7-17/h3-11,18H,2,12-16H2,1H3. The second-order valence-electron chi connectivity index (χ2n) is 6.90. The third-order valence-corrected chi connectivity index (χ3v) is 6.26. The van der Waals surface area contributed by atoms with Crippen LogP contribution in [-0.2, 0) is 16.1 Å². The van der Waals surface area contributed by atoms with Crippen LogP contribution in [0.5, 0.6) is 0 Å². The van der Waals surface area contributed by atoms with E-state index in [1.807, 2.05) is 65.3 Å². The summed E-state index contributed by atoms with van der Waals surface area (Å²) in [5, 5.41) is 0. The van der Waals surface area contributed by atoms with Crippen molar-refractivity contribution in [3.05, 3.63) is 63.3 Å². The molecule has 1 aliphatic rings. The average Bonchev–Trinajstić information content (AvgIpc) is 3.15. The van der Waals surface area contributed by atoms with E-state index < -0.39 is 0 Å². The van der Waals surface area contributed by atoms with Gasteiger partial charge < -0.3 is 9.80 Å². The summed E-state index contributed by atoms with van der Waals surface area (Å²) in [5.41, 5.74) is 1.01. The van der Waals surface area contributed by atoms with Gasteiger partial charge in [0.05, 0.1) is 10.9 Å². The highest BCUT2D eigenvalue weighted by atomic mass is 35.5. The Morgan fingerprint density at radius 3 is 2.50 bits per heavy atom. The SMILES string of the molecule is CCN(Cc1ccc(Cl)s1)C(=O)C1CCN(C(=O)C=Cc2ccccc2)CC1. The van der Waals surface area contributed by atoms with E-state index in [4.69, 9.17) is 11.6 Å². The van der Waals surface area contributed by atoms with Crippen molar-refractivity contribution in [3.8, 4) is 0 Å². The number of hydrogen-bond donors (Lipinski definition) is 0. The van der Waals surface area contributed by atoms with Gasteiger partial charge in [0.25, 0.3) is 0 Å². The number of likely N-dealkylation sites (tertiary alicyclic amines) is 1. The van der Waals surface area contributed by atoms with Crippen LogP contribution in [-0.4, -0.2) is 41.2 Å². The van der Waals surface area contributed by atoms with Crippen molar-refractivity contribution in [1.82, 2.24) is 9.80 Å². The molecular formula is C22H25ClN2O2S. The van der Waals surface area contributed by atoms with Gasteiger partial charge in [-0.25, -0.2) is 0 Å². The lowest BCUT2D eigenvalue weighted by Gasteiger charge is -2.33. The first kappa shape index (κ1) is 20.6. The fraction of sp³-hybridized carbons (Fsp3) is 0.364. The number of nitrogens with zero attached hydrogens (tertiary/aromatic N) is 2. The monoisotopic (exact) mass is 416 g/mol. The second kappa shape index (κ2) is 9.89. The molecule has 28 heavy (non-hydrogen) atoms. The van der Waals surface area contributed by atoms with E-state index in [9.17, 15) is 9.59 Å². The van der Waals surface area contributed by atoms with Crippen molar-refractivity contribution in [3.63, 3.8) is 0 Å². The largest absolute Gasteiger partial charge is 0.339 e. The Balaban J connectivity index is 1.51. The molecule has 2 heterocycles. The first-order chi connectivity index (χ1) is 13.6.